The molecule has 0 aliphatic rings. The molecule has 4 N–H and O–H groups in total. The summed E-state index contributed by atoms with van der Waals surface area (Å²) >= 11 is 0. The van der Waals surface area contributed by atoms with Gasteiger partial charge < -0.3 is 21.1 Å². The number of anilines is 2. The number of rotatable bonds is 7. The van der Waals surface area contributed by atoms with E-state index < -0.39 is 0 Å². The lowest BCUT2D eigenvalue weighted by Crippen LogP contribution is -2.37. The minimum Gasteiger partial charge on any atom is -0.493 e. The molecule has 0 aliphatic heterocycles. The molecule has 0 fully saturated rings. The molecule has 0 spiro atoms. The highest BCUT2D eigenvalue weighted by molar-refractivity contribution is 5.84. The molecule has 5 nitrogen and oxygen atoms in total. The van der Waals surface area contributed by atoms with Crippen LogP contribution in [0.2, 0.25) is 0 Å². The highest BCUT2D eigenvalue weighted by Gasteiger charge is 2.11. The molecular formula is C14H23N3O2. The Balaban J connectivity index is 2.71. The van der Waals surface area contributed by atoms with Crippen molar-refractivity contribution >= 4 is 17.3 Å². The van der Waals surface area contributed by atoms with E-state index >= 15 is 0 Å². The average Bonchev–Trinajstić information content (AvgIpc) is 2.36. The molecule has 0 aromatic heterocycles. The predicted octanol–water partition coefficient (Wildman–Crippen LogP) is 1.99. The van der Waals surface area contributed by atoms with Gasteiger partial charge in [0.15, 0.2) is 0 Å². The van der Waals surface area contributed by atoms with Gasteiger partial charge in [-0.05, 0) is 26.3 Å². The number of hydrogen-bond donors (Lipinski definition) is 3. The van der Waals surface area contributed by atoms with Gasteiger partial charge in [0.25, 0.3) is 0 Å². The zero-order valence-corrected chi connectivity index (χ0v) is 11.8. The quantitative estimate of drug-likeness (QED) is 0.659. The van der Waals surface area contributed by atoms with Crippen LogP contribution in [0.15, 0.2) is 18.2 Å². The molecule has 5 heteroatoms. The van der Waals surface area contributed by atoms with Crippen LogP contribution in [-0.4, -0.2) is 25.1 Å². The second kappa shape index (κ2) is 7.51. The van der Waals surface area contributed by atoms with Gasteiger partial charge in [0.2, 0.25) is 5.91 Å². The molecule has 1 amide bonds. The van der Waals surface area contributed by atoms with Crippen molar-refractivity contribution in [3.8, 4) is 5.75 Å². The van der Waals surface area contributed by atoms with E-state index in [0.717, 1.165) is 12.1 Å². The zero-order chi connectivity index (χ0) is 14.3. The first kappa shape index (κ1) is 15.1. The fourth-order valence-corrected chi connectivity index (χ4v) is 1.65. The van der Waals surface area contributed by atoms with Gasteiger partial charge >= 0.3 is 0 Å². The largest absolute Gasteiger partial charge is 0.493 e. The average molecular weight is 265 g/mol. The molecule has 1 rings (SSSR count). The van der Waals surface area contributed by atoms with Crippen molar-refractivity contribution < 1.29 is 9.53 Å². The molecule has 19 heavy (non-hydrogen) atoms. The molecule has 1 unspecified atom stereocenters. The summed E-state index contributed by atoms with van der Waals surface area (Å²) in [6.07, 6.45) is 0.937. The number of nitrogens with two attached hydrogens (primary N) is 1. The summed E-state index contributed by atoms with van der Waals surface area (Å²) in [5.41, 5.74) is 7.21. The van der Waals surface area contributed by atoms with E-state index in [1.807, 2.05) is 19.9 Å². The van der Waals surface area contributed by atoms with Gasteiger partial charge in [-0.15, -0.1) is 0 Å². The molecule has 0 radical (unpaired) electrons. The van der Waals surface area contributed by atoms with Crippen molar-refractivity contribution in [1.82, 2.24) is 5.32 Å². The standard InChI is InChI=1S/C14H23N3O2/c1-4-6-19-13-8-11(15)7-12(9-13)17-10(3)14(18)16-5-2/h7-10,17H,4-6,15H2,1-3H3,(H,16,18). The predicted molar refractivity (Wildman–Crippen MR) is 78.4 cm³/mol. The van der Waals surface area contributed by atoms with Crippen molar-refractivity contribution in [3.63, 3.8) is 0 Å². The molecular weight excluding hydrogens is 242 g/mol. The third-order valence-corrected chi connectivity index (χ3v) is 2.53. The van der Waals surface area contributed by atoms with Crippen LogP contribution in [0.1, 0.15) is 27.2 Å². The number of nitrogens with one attached hydrogen (secondary N) is 2. The smallest absolute Gasteiger partial charge is 0.242 e. The summed E-state index contributed by atoms with van der Waals surface area (Å²) in [5, 5.41) is 5.88. The highest BCUT2D eigenvalue weighted by Crippen LogP contribution is 2.23. The summed E-state index contributed by atoms with van der Waals surface area (Å²) in [5.74, 6) is 0.674. The van der Waals surface area contributed by atoms with Crippen molar-refractivity contribution in [1.29, 1.82) is 0 Å². The van der Waals surface area contributed by atoms with Crippen molar-refractivity contribution in [2.75, 3.05) is 24.2 Å². The number of carbonyl (C=O) groups is 1. The van der Waals surface area contributed by atoms with E-state index in [0.29, 0.717) is 24.6 Å². The fourth-order valence-electron chi connectivity index (χ4n) is 1.65. The maximum absolute atomic E-state index is 11.7. The SMILES string of the molecule is CCCOc1cc(N)cc(NC(C)C(=O)NCC)c1. The highest BCUT2D eigenvalue weighted by atomic mass is 16.5. The van der Waals surface area contributed by atoms with Gasteiger partial charge in [-0.3, -0.25) is 4.79 Å². The Morgan fingerprint density at radius 1 is 1.37 bits per heavy atom. The molecule has 0 aliphatic carbocycles. The Labute approximate surface area is 114 Å². The Morgan fingerprint density at radius 2 is 2.11 bits per heavy atom. The van der Waals surface area contributed by atoms with Crippen LogP contribution in [0.4, 0.5) is 11.4 Å². The first-order valence-corrected chi connectivity index (χ1v) is 6.64. The molecule has 1 aromatic carbocycles. The normalized spacial score (nSPS) is 11.7. The molecule has 1 aromatic rings. The van der Waals surface area contributed by atoms with Gasteiger partial charge in [0.1, 0.15) is 11.8 Å². The third kappa shape index (κ3) is 5.07. The summed E-state index contributed by atoms with van der Waals surface area (Å²) in [6.45, 7) is 7.01. The number of nitrogen functional groups attached to an aromatic ring is 1. The lowest BCUT2D eigenvalue weighted by molar-refractivity contribution is -0.121. The first-order valence-electron chi connectivity index (χ1n) is 6.64. The van der Waals surface area contributed by atoms with Crippen LogP contribution in [0.3, 0.4) is 0 Å². The van der Waals surface area contributed by atoms with Crippen molar-refractivity contribution in [3.05, 3.63) is 18.2 Å². The Hall–Kier alpha value is -1.91. The Kier molecular flexibility index (Phi) is 5.99. The molecule has 0 bridgehead atoms. The minimum absolute atomic E-state index is 0.0408. The van der Waals surface area contributed by atoms with Crippen LogP contribution in [-0.2, 0) is 4.79 Å². The zero-order valence-electron chi connectivity index (χ0n) is 11.8. The molecule has 0 saturated carbocycles. The minimum atomic E-state index is -0.319. The number of ether oxygens (including phenoxy) is 1. The number of amides is 1. The van der Waals surface area contributed by atoms with Crippen LogP contribution in [0.25, 0.3) is 0 Å². The molecule has 0 heterocycles. The Bertz CT molecular complexity index is 421. The van der Waals surface area contributed by atoms with Gasteiger partial charge in [0.05, 0.1) is 6.61 Å². The van der Waals surface area contributed by atoms with Crippen molar-refractivity contribution in [2.45, 2.75) is 33.2 Å². The van der Waals surface area contributed by atoms with E-state index in [1.54, 1.807) is 19.1 Å². The van der Waals surface area contributed by atoms with E-state index in [-0.39, 0.29) is 11.9 Å². The monoisotopic (exact) mass is 265 g/mol. The molecule has 106 valence electrons. The third-order valence-electron chi connectivity index (χ3n) is 2.53. The van der Waals surface area contributed by atoms with E-state index in [2.05, 4.69) is 10.6 Å². The summed E-state index contributed by atoms with van der Waals surface area (Å²) < 4.78 is 5.55. The lowest BCUT2D eigenvalue weighted by Gasteiger charge is -2.16. The second-order valence-electron chi connectivity index (χ2n) is 4.40. The van der Waals surface area contributed by atoms with Crippen LogP contribution in [0.5, 0.6) is 5.75 Å². The van der Waals surface area contributed by atoms with Crippen LogP contribution < -0.4 is 21.1 Å². The van der Waals surface area contributed by atoms with E-state index in [9.17, 15) is 4.79 Å². The van der Waals surface area contributed by atoms with E-state index in [1.165, 1.54) is 0 Å². The van der Waals surface area contributed by atoms with Gasteiger partial charge in [-0.1, -0.05) is 6.92 Å². The summed E-state index contributed by atoms with van der Waals surface area (Å²) in [4.78, 5) is 11.7. The van der Waals surface area contributed by atoms with Gasteiger partial charge in [-0.25, -0.2) is 0 Å². The summed E-state index contributed by atoms with van der Waals surface area (Å²) in [6, 6.07) is 5.09. The second-order valence-corrected chi connectivity index (χ2v) is 4.40. The van der Waals surface area contributed by atoms with Gasteiger partial charge in [0, 0.05) is 30.1 Å². The summed E-state index contributed by atoms with van der Waals surface area (Å²) in [7, 11) is 0. The Morgan fingerprint density at radius 3 is 2.74 bits per heavy atom. The maximum Gasteiger partial charge on any atom is 0.242 e. The molecule has 1 atom stereocenters. The van der Waals surface area contributed by atoms with Crippen molar-refractivity contribution in [2.24, 2.45) is 0 Å². The number of benzene rings is 1. The molecule has 0 saturated heterocycles. The van der Waals surface area contributed by atoms with E-state index in [4.69, 9.17) is 10.5 Å². The van der Waals surface area contributed by atoms with Crippen LogP contribution in [0, 0.1) is 0 Å². The fraction of sp³-hybridized carbons (Fsp3) is 0.500. The van der Waals surface area contributed by atoms with Gasteiger partial charge in [-0.2, -0.15) is 0 Å². The number of hydrogen-bond acceptors (Lipinski definition) is 4. The lowest BCUT2D eigenvalue weighted by atomic mass is 10.2. The topological polar surface area (TPSA) is 76.4 Å². The number of likely N-dealkylation sites (N-methyl/N-ethyl adjacent to an activating group) is 1. The first-order chi connectivity index (χ1) is 9.06. The van der Waals surface area contributed by atoms with Crippen LogP contribution >= 0.6 is 0 Å². The number of carbonyl (C=O) groups excluding carboxylic acids is 1. The maximum atomic E-state index is 11.7.